The van der Waals surface area contributed by atoms with E-state index >= 15 is 0 Å². The summed E-state index contributed by atoms with van der Waals surface area (Å²) < 4.78 is 6.75. The Bertz CT molecular complexity index is 917. The van der Waals surface area contributed by atoms with Crippen molar-refractivity contribution >= 4 is 16.7 Å². The van der Waals surface area contributed by atoms with Gasteiger partial charge in [0.05, 0.1) is 18.9 Å². The van der Waals surface area contributed by atoms with Crippen LogP contribution >= 0.6 is 0 Å². The highest BCUT2D eigenvalue weighted by atomic mass is 16.5. The Kier molecular flexibility index (Phi) is 4.72. The fraction of sp³-hybridized carbons (Fsp3) is 0.263. The first-order chi connectivity index (χ1) is 12.0. The number of aromatic nitrogens is 2. The number of nitrogens with one attached hydrogen (secondary N) is 1. The second-order valence-corrected chi connectivity index (χ2v) is 5.93. The summed E-state index contributed by atoms with van der Waals surface area (Å²) >= 11 is 0. The topological polar surface area (TPSA) is 76.4 Å². The number of amides is 1. The number of aliphatic hydroxyl groups excluding tert-OH is 1. The fourth-order valence-electron chi connectivity index (χ4n) is 2.94. The van der Waals surface area contributed by atoms with Gasteiger partial charge in [0, 0.05) is 13.6 Å². The van der Waals surface area contributed by atoms with E-state index in [1.54, 1.807) is 14.0 Å². The standard InChI is InChI=1S/C19H21N3O3/c1-12-17(19(25-3)22(2)21-12)18(24)20-11-16(23)15-9-8-13-6-4-5-7-14(13)10-15/h4-10,16,23H,11H2,1-3H3,(H,20,24). The molecule has 0 radical (unpaired) electrons. The van der Waals surface area contributed by atoms with Gasteiger partial charge in [0.1, 0.15) is 5.56 Å². The molecule has 2 aromatic carbocycles. The summed E-state index contributed by atoms with van der Waals surface area (Å²) in [4.78, 5) is 12.5. The Labute approximate surface area is 146 Å². The van der Waals surface area contributed by atoms with Crippen LogP contribution in [0.25, 0.3) is 10.8 Å². The molecule has 6 nitrogen and oxygen atoms in total. The number of hydrogen-bond donors (Lipinski definition) is 2. The molecule has 0 aliphatic carbocycles. The van der Waals surface area contributed by atoms with Crippen LogP contribution in [0.2, 0.25) is 0 Å². The molecule has 1 atom stereocenters. The number of methoxy groups -OCH3 is 1. The Morgan fingerprint density at radius 1 is 1.28 bits per heavy atom. The summed E-state index contributed by atoms with van der Waals surface area (Å²) in [5.41, 5.74) is 1.72. The van der Waals surface area contributed by atoms with Crippen molar-refractivity contribution in [1.29, 1.82) is 0 Å². The summed E-state index contributed by atoms with van der Waals surface area (Å²) in [5, 5.41) is 19.5. The second-order valence-electron chi connectivity index (χ2n) is 5.93. The predicted molar refractivity (Wildman–Crippen MR) is 95.7 cm³/mol. The molecule has 3 aromatic rings. The third-order valence-corrected chi connectivity index (χ3v) is 4.20. The molecular weight excluding hydrogens is 318 g/mol. The Hall–Kier alpha value is -2.86. The van der Waals surface area contributed by atoms with Crippen LogP contribution in [-0.4, -0.2) is 34.4 Å². The number of fused-ring (bicyclic) bond motifs is 1. The summed E-state index contributed by atoms with van der Waals surface area (Å²) in [6.45, 7) is 1.85. The van der Waals surface area contributed by atoms with Crippen molar-refractivity contribution < 1.29 is 14.6 Å². The van der Waals surface area contributed by atoms with Gasteiger partial charge in [-0.05, 0) is 29.3 Å². The van der Waals surface area contributed by atoms with Gasteiger partial charge in [-0.3, -0.25) is 4.79 Å². The molecule has 0 aliphatic heterocycles. The van der Waals surface area contributed by atoms with Gasteiger partial charge < -0.3 is 15.2 Å². The Morgan fingerprint density at radius 2 is 2.00 bits per heavy atom. The lowest BCUT2D eigenvalue weighted by molar-refractivity contribution is 0.0912. The second kappa shape index (κ2) is 6.94. The normalized spacial score (nSPS) is 12.2. The first-order valence-corrected chi connectivity index (χ1v) is 8.03. The third kappa shape index (κ3) is 3.34. The van der Waals surface area contributed by atoms with Gasteiger partial charge in [0.15, 0.2) is 0 Å². The number of aryl methyl sites for hydroxylation is 2. The monoisotopic (exact) mass is 339 g/mol. The van der Waals surface area contributed by atoms with Crippen LogP contribution in [0, 0.1) is 6.92 Å². The van der Waals surface area contributed by atoms with Crippen molar-refractivity contribution in [1.82, 2.24) is 15.1 Å². The molecule has 1 heterocycles. The lowest BCUT2D eigenvalue weighted by atomic mass is 10.0. The van der Waals surface area contributed by atoms with Crippen LogP contribution in [-0.2, 0) is 7.05 Å². The molecule has 0 bridgehead atoms. The van der Waals surface area contributed by atoms with E-state index in [1.165, 1.54) is 11.8 Å². The van der Waals surface area contributed by atoms with Crippen molar-refractivity contribution in [3.63, 3.8) is 0 Å². The molecular formula is C19H21N3O3. The lowest BCUT2D eigenvalue weighted by Gasteiger charge is -2.13. The van der Waals surface area contributed by atoms with Crippen LogP contribution in [0.4, 0.5) is 0 Å². The highest BCUT2D eigenvalue weighted by molar-refractivity contribution is 5.97. The number of carbonyl (C=O) groups is 1. The van der Waals surface area contributed by atoms with Gasteiger partial charge in [-0.15, -0.1) is 0 Å². The van der Waals surface area contributed by atoms with Gasteiger partial charge in [0.2, 0.25) is 5.88 Å². The summed E-state index contributed by atoms with van der Waals surface area (Å²) in [6, 6.07) is 13.7. The minimum atomic E-state index is -0.795. The zero-order valence-electron chi connectivity index (χ0n) is 14.5. The maximum Gasteiger partial charge on any atom is 0.258 e. The van der Waals surface area contributed by atoms with Crippen LogP contribution in [0.15, 0.2) is 42.5 Å². The van der Waals surface area contributed by atoms with Crippen molar-refractivity contribution in [3.05, 3.63) is 59.3 Å². The minimum Gasteiger partial charge on any atom is -0.481 e. The van der Waals surface area contributed by atoms with E-state index in [2.05, 4.69) is 10.4 Å². The minimum absolute atomic E-state index is 0.106. The van der Waals surface area contributed by atoms with Gasteiger partial charge >= 0.3 is 0 Å². The Balaban J connectivity index is 1.73. The summed E-state index contributed by atoms with van der Waals surface area (Å²) in [6.07, 6.45) is -0.795. The molecule has 0 saturated heterocycles. The smallest absolute Gasteiger partial charge is 0.258 e. The molecule has 0 spiro atoms. The summed E-state index contributed by atoms with van der Waals surface area (Å²) in [5.74, 6) is 0.0810. The highest BCUT2D eigenvalue weighted by Crippen LogP contribution is 2.22. The molecule has 3 rings (SSSR count). The van der Waals surface area contributed by atoms with Crippen molar-refractivity contribution in [2.75, 3.05) is 13.7 Å². The molecule has 130 valence electrons. The van der Waals surface area contributed by atoms with Gasteiger partial charge in [-0.25, -0.2) is 4.68 Å². The number of nitrogens with zero attached hydrogens (tertiary/aromatic N) is 2. The number of rotatable bonds is 5. The largest absolute Gasteiger partial charge is 0.481 e. The molecule has 1 unspecified atom stereocenters. The van der Waals surface area contributed by atoms with E-state index in [1.807, 2.05) is 42.5 Å². The number of hydrogen-bond acceptors (Lipinski definition) is 4. The number of ether oxygens (including phenoxy) is 1. The molecule has 2 N–H and O–H groups in total. The van der Waals surface area contributed by atoms with E-state index in [9.17, 15) is 9.90 Å². The van der Waals surface area contributed by atoms with E-state index in [-0.39, 0.29) is 12.5 Å². The first-order valence-electron chi connectivity index (χ1n) is 8.03. The van der Waals surface area contributed by atoms with Crippen molar-refractivity contribution in [3.8, 4) is 5.88 Å². The van der Waals surface area contributed by atoms with E-state index in [0.29, 0.717) is 17.1 Å². The van der Waals surface area contributed by atoms with Gasteiger partial charge in [-0.2, -0.15) is 5.10 Å². The number of aliphatic hydroxyl groups is 1. The fourth-order valence-corrected chi connectivity index (χ4v) is 2.94. The van der Waals surface area contributed by atoms with Crippen molar-refractivity contribution in [2.45, 2.75) is 13.0 Å². The van der Waals surface area contributed by atoms with Crippen molar-refractivity contribution in [2.24, 2.45) is 7.05 Å². The molecule has 25 heavy (non-hydrogen) atoms. The lowest BCUT2D eigenvalue weighted by Crippen LogP contribution is -2.29. The molecule has 1 aromatic heterocycles. The quantitative estimate of drug-likeness (QED) is 0.748. The SMILES string of the molecule is COc1c(C(=O)NCC(O)c2ccc3ccccc3c2)c(C)nn1C. The van der Waals surface area contributed by atoms with Crippen LogP contribution < -0.4 is 10.1 Å². The summed E-state index contributed by atoms with van der Waals surface area (Å²) in [7, 11) is 3.21. The zero-order valence-corrected chi connectivity index (χ0v) is 14.5. The van der Waals surface area contributed by atoms with Gasteiger partial charge in [-0.1, -0.05) is 36.4 Å². The van der Waals surface area contributed by atoms with Crippen LogP contribution in [0.3, 0.4) is 0 Å². The third-order valence-electron chi connectivity index (χ3n) is 4.20. The average molecular weight is 339 g/mol. The van der Waals surface area contributed by atoms with E-state index in [0.717, 1.165) is 16.3 Å². The van der Waals surface area contributed by atoms with Crippen LogP contribution in [0.5, 0.6) is 5.88 Å². The first kappa shape index (κ1) is 17.0. The zero-order chi connectivity index (χ0) is 18.0. The number of benzene rings is 2. The molecule has 0 fully saturated rings. The predicted octanol–water partition coefficient (Wildman–Crippen LogP) is 2.35. The highest BCUT2D eigenvalue weighted by Gasteiger charge is 2.21. The van der Waals surface area contributed by atoms with E-state index in [4.69, 9.17) is 4.74 Å². The maximum atomic E-state index is 12.5. The molecule has 1 amide bonds. The molecule has 0 aliphatic rings. The molecule has 6 heteroatoms. The Morgan fingerprint density at radius 3 is 2.72 bits per heavy atom. The molecule has 0 saturated carbocycles. The number of carbonyl (C=O) groups excluding carboxylic acids is 1. The maximum absolute atomic E-state index is 12.5. The average Bonchev–Trinajstić information content (AvgIpc) is 2.92. The van der Waals surface area contributed by atoms with Crippen LogP contribution in [0.1, 0.15) is 27.7 Å². The van der Waals surface area contributed by atoms with Gasteiger partial charge in [0.25, 0.3) is 5.91 Å². The van der Waals surface area contributed by atoms with E-state index < -0.39 is 6.10 Å².